The molecule has 11 heteroatoms. The molecular formula is C28H36N6O4S. The molecule has 2 saturated heterocycles. The molecule has 1 aromatic carbocycles. The third kappa shape index (κ3) is 5.66. The fourth-order valence-electron chi connectivity index (χ4n) is 6.05. The second kappa shape index (κ2) is 10.9. The summed E-state index contributed by atoms with van der Waals surface area (Å²) in [7, 11) is -3.66. The van der Waals surface area contributed by atoms with E-state index in [4.69, 9.17) is 14.8 Å². The minimum atomic E-state index is -3.66. The van der Waals surface area contributed by atoms with E-state index in [9.17, 15) is 13.2 Å². The molecule has 0 spiro atoms. The lowest BCUT2D eigenvalue weighted by molar-refractivity contribution is -0.118. The Kier molecular flexibility index (Phi) is 7.30. The Labute approximate surface area is 229 Å². The van der Waals surface area contributed by atoms with Gasteiger partial charge in [-0.1, -0.05) is 24.6 Å². The summed E-state index contributed by atoms with van der Waals surface area (Å²) in [6.07, 6.45) is 6.39. The molecule has 0 unspecified atom stereocenters. The number of carbonyl (C=O) groups excluding carboxylic acids is 1. The molecule has 6 rings (SSSR count). The van der Waals surface area contributed by atoms with Crippen molar-refractivity contribution in [3.8, 4) is 5.69 Å². The lowest BCUT2D eigenvalue weighted by Crippen LogP contribution is -2.49. The number of ether oxygens (including phenoxy) is 1. The number of nitrogens with one attached hydrogen (secondary N) is 1. The molecule has 0 bridgehead atoms. The quantitative estimate of drug-likeness (QED) is 0.477. The molecule has 0 atom stereocenters. The minimum Gasteiger partial charge on any atom is -0.379 e. The topological polar surface area (TPSA) is 110 Å². The van der Waals surface area contributed by atoms with Crippen molar-refractivity contribution in [3.05, 3.63) is 47.8 Å². The van der Waals surface area contributed by atoms with Crippen LogP contribution in [-0.4, -0.2) is 85.7 Å². The number of piperidine rings is 1. The van der Waals surface area contributed by atoms with Crippen LogP contribution in [0, 0.1) is 0 Å². The van der Waals surface area contributed by atoms with E-state index < -0.39 is 15.9 Å². The number of fused-ring (bicyclic) bond motifs is 1. The van der Waals surface area contributed by atoms with Gasteiger partial charge < -0.3 is 9.64 Å². The van der Waals surface area contributed by atoms with Gasteiger partial charge in [0.05, 0.1) is 54.0 Å². The largest absolute Gasteiger partial charge is 0.379 e. The van der Waals surface area contributed by atoms with Crippen molar-refractivity contribution in [2.45, 2.75) is 50.5 Å². The van der Waals surface area contributed by atoms with Crippen molar-refractivity contribution in [3.63, 3.8) is 0 Å². The van der Waals surface area contributed by atoms with Gasteiger partial charge in [-0.3, -0.25) is 14.4 Å². The lowest BCUT2D eigenvalue weighted by Gasteiger charge is -2.41. The molecule has 4 heterocycles. The smallest absolute Gasteiger partial charge is 0.239 e. The number of rotatable bonds is 7. The summed E-state index contributed by atoms with van der Waals surface area (Å²) in [6.45, 7) is 5.37. The van der Waals surface area contributed by atoms with Crippen molar-refractivity contribution >= 4 is 32.7 Å². The molecule has 208 valence electrons. The average molecular weight is 553 g/mol. The molecule has 0 radical (unpaired) electrons. The van der Waals surface area contributed by atoms with Gasteiger partial charge in [-0.05, 0) is 43.9 Å². The zero-order chi connectivity index (χ0) is 27.0. The third-order valence-electron chi connectivity index (χ3n) is 8.20. The van der Waals surface area contributed by atoms with Crippen LogP contribution in [0.15, 0.2) is 36.4 Å². The Balaban J connectivity index is 1.41. The van der Waals surface area contributed by atoms with Gasteiger partial charge in [0.1, 0.15) is 0 Å². The SMILES string of the molecule is CS(=O)(=O)NC(=O)Cc1cc(N2CCC(N3CCOCC3)CC2)c2c(C3CCC3)nn(-c3ccccc3)c2n1. The highest BCUT2D eigenvalue weighted by Crippen LogP contribution is 2.43. The first kappa shape index (κ1) is 26.2. The maximum atomic E-state index is 12.6. The number of morpholine rings is 1. The average Bonchev–Trinajstić information content (AvgIpc) is 3.26. The van der Waals surface area contributed by atoms with Crippen molar-refractivity contribution < 1.29 is 17.9 Å². The molecule has 2 aliphatic heterocycles. The van der Waals surface area contributed by atoms with Crippen LogP contribution in [0.5, 0.6) is 0 Å². The van der Waals surface area contributed by atoms with Crippen LogP contribution in [0.4, 0.5) is 5.69 Å². The van der Waals surface area contributed by atoms with E-state index in [0.29, 0.717) is 17.7 Å². The van der Waals surface area contributed by atoms with E-state index in [2.05, 4.69) is 14.5 Å². The maximum Gasteiger partial charge on any atom is 0.239 e. The van der Waals surface area contributed by atoms with Gasteiger partial charge in [-0.2, -0.15) is 5.10 Å². The van der Waals surface area contributed by atoms with Gasteiger partial charge in [0.15, 0.2) is 5.65 Å². The van der Waals surface area contributed by atoms with Crippen LogP contribution in [0.3, 0.4) is 0 Å². The van der Waals surface area contributed by atoms with E-state index in [1.807, 2.05) is 41.1 Å². The number of hydrogen-bond donors (Lipinski definition) is 1. The van der Waals surface area contributed by atoms with Crippen LogP contribution < -0.4 is 9.62 Å². The highest BCUT2D eigenvalue weighted by atomic mass is 32.2. The van der Waals surface area contributed by atoms with Crippen molar-refractivity contribution in [1.29, 1.82) is 0 Å². The van der Waals surface area contributed by atoms with Gasteiger partial charge >= 0.3 is 0 Å². The predicted octanol–water partition coefficient (Wildman–Crippen LogP) is 2.61. The number of anilines is 1. The molecule has 39 heavy (non-hydrogen) atoms. The van der Waals surface area contributed by atoms with Gasteiger partial charge in [0, 0.05) is 38.1 Å². The summed E-state index contributed by atoms with van der Waals surface area (Å²) in [6, 6.07) is 12.5. The summed E-state index contributed by atoms with van der Waals surface area (Å²) in [5.41, 5.74) is 4.29. The number of nitrogens with zero attached hydrogens (tertiary/aromatic N) is 5. The summed E-state index contributed by atoms with van der Waals surface area (Å²) in [5, 5.41) is 6.17. The van der Waals surface area contributed by atoms with Crippen LogP contribution >= 0.6 is 0 Å². The molecule has 2 aromatic heterocycles. The summed E-state index contributed by atoms with van der Waals surface area (Å²) in [4.78, 5) is 22.5. The molecule has 3 fully saturated rings. The first-order chi connectivity index (χ1) is 18.9. The molecule has 1 saturated carbocycles. The molecule has 10 nitrogen and oxygen atoms in total. The zero-order valence-electron chi connectivity index (χ0n) is 22.4. The molecule has 3 aliphatic rings. The predicted molar refractivity (Wildman–Crippen MR) is 150 cm³/mol. The first-order valence-corrected chi connectivity index (χ1v) is 15.8. The number of sulfonamides is 1. The molecule has 1 amide bonds. The maximum absolute atomic E-state index is 12.6. The highest BCUT2D eigenvalue weighted by Gasteiger charge is 2.32. The highest BCUT2D eigenvalue weighted by molar-refractivity contribution is 7.89. The number of amides is 1. The van der Waals surface area contributed by atoms with E-state index in [1.54, 1.807) is 0 Å². The van der Waals surface area contributed by atoms with E-state index in [1.165, 1.54) is 6.42 Å². The minimum absolute atomic E-state index is 0.126. The van der Waals surface area contributed by atoms with Crippen molar-refractivity contribution in [1.82, 2.24) is 24.4 Å². The van der Waals surface area contributed by atoms with Crippen LogP contribution in [0.2, 0.25) is 0 Å². The van der Waals surface area contributed by atoms with Gasteiger partial charge in [0.2, 0.25) is 15.9 Å². The number of hydrogen-bond acceptors (Lipinski definition) is 8. The number of carbonyl (C=O) groups is 1. The second-order valence-electron chi connectivity index (χ2n) is 10.9. The number of para-hydroxylation sites is 1. The van der Waals surface area contributed by atoms with E-state index in [-0.39, 0.29) is 6.42 Å². The first-order valence-electron chi connectivity index (χ1n) is 13.9. The van der Waals surface area contributed by atoms with Crippen molar-refractivity contribution in [2.24, 2.45) is 0 Å². The summed E-state index contributed by atoms with van der Waals surface area (Å²) < 4.78 is 32.9. The van der Waals surface area contributed by atoms with Crippen LogP contribution in [0.25, 0.3) is 16.7 Å². The molecule has 1 N–H and O–H groups in total. The molecule has 1 aliphatic carbocycles. The van der Waals surface area contributed by atoms with E-state index >= 15 is 0 Å². The summed E-state index contributed by atoms with van der Waals surface area (Å²) >= 11 is 0. The Bertz CT molecular complexity index is 1440. The van der Waals surface area contributed by atoms with Crippen LogP contribution in [0.1, 0.15) is 49.4 Å². The number of pyridine rings is 1. The summed E-state index contributed by atoms with van der Waals surface area (Å²) in [5.74, 6) is -0.199. The lowest BCUT2D eigenvalue weighted by atomic mass is 9.82. The Morgan fingerprint density at radius 1 is 1.05 bits per heavy atom. The van der Waals surface area contributed by atoms with Gasteiger partial charge in [-0.15, -0.1) is 0 Å². The molecule has 3 aromatic rings. The number of aromatic nitrogens is 3. The monoisotopic (exact) mass is 552 g/mol. The fourth-order valence-corrected chi connectivity index (χ4v) is 6.54. The van der Waals surface area contributed by atoms with Crippen molar-refractivity contribution in [2.75, 3.05) is 50.5 Å². The Hall–Kier alpha value is -3.02. The van der Waals surface area contributed by atoms with E-state index in [0.717, 1.165) is 99.4 Å². The number of benzene rings is 1. The zero-order valence-corrected chi connectivity index (χ0v) is 23.2. The second-order valence-corrected chi connectivity index (χ2v) is 12.7. The third-order valence-corrected chi connectivity index (χ3v) is 8.80. The Morgan fingerprint density at radius 3 is 2.41 bits per heavy atom. The molecular weight excluding hydrogens is 516 g/mol. The van der Waals surface area contributed by atoms with Gasteiger partial charge in [-0.25, -0.2) is 18.1 Å². The van der Waals surface area contributed by atoms with Gasteiger partial charge in [0.25, 0.3) is 0 Å². The normalized spacial score (nSPS) is 19.8. The Morgan fingerprint density at radius 2 is 1.77 bits per heavy atom. The van der Waals surface area contributed by atoms with Crippen LogP contribution in [-0.2, 0) is 26.0 Å². The fraction of sp³-hybridized carbons (Fsp3) is 0.536. The standard InChI is InChI=1S/C28H36N6O4S/c1-39(36,37)31-25(35)19-21-18-24(33-12-10-22(11-13-33)32-14-16-38-17-15-32)26-27(20-6-5-7-20)30-34(28(26)29-21)23-8-3-2-4-9-23/h2-4,8-9,18,20,22H,5-7,10-17,19H2,1H3,(H,31,35).